The molecule has 1 amide bonds. The van der Waals surface area contributed by atoms with Crippen LogP contribution < -0.4 is 10.6 Å². The van der Waals surface area contributed by atoms with Crippen molar-refractivity contribution in [1.29, 1.82) is 0 Å². The van der Waals surface area contributed by atoms with E-state index in [0.717, 1.165) is 6.26 Å². The van der Waals surface area contributed by atoms with Crippen LogP contribution in [-0.4, -0.2) is 39.4 Å². The molecular formula is C12H17FN2O3S. The van der Waals surface area contributed by atoms with E-state index in [1.807, 2.05) is 0 Å². The van der Waals surface area contributed by atoms with Crippen LogP contribution in [0.4, 0.5) is 10.1 Å². The molecule has 0 heterocycles. The fourth-order valence-electron chi connectivity index (χ4n) is 1.59. The standard InChI is InChI=1S/C12H17FN2O3S/c1-19(17,18)9-12(16)15(7-3-6-14)11-5-2-4-10(13)8-11/h2,4-5,8H,3,6-7,9,14H2,1H3. The molecule has 19 heavy (non-hydrogen) atoms. The number of nitrogens with zero attached hydrogens (tertiary/aromatic N) is 1. The van der Waals surface area contributed by atoms with Crippen molar-refractivity contribution in [2.45, 2.75) is 6.42 Å². The summed E-state index contributed by atoms with van der Waals surface area (Å²) in [6.07, 6.45) is 1.49. The Labute approximate surface area is 112 Å². The van der Waals surface area contributed by atoms with Crippen molar-refractivity contribution in [1.82, 2.24) is 0 Å². The van der Waals surface area contributed by atoms with E-state index >= 15 is 0 Å². The Bertz CT molecular complexity index is 546. The Kier molecular flexibility index (Phi) is 5.44. The second kappa shape index (κ2) is 6.63. The predicted octanol–water partition coefficient (Wildman–Crippen LogP) is 0.552. The minimum absolute atomic E-state index is 0.258. The van der Waals surface area contributed by atoms with Crippen LogP contribution in [0, 0.1) is 5.82 Å². The molecule has 1 aromatic rings. The van der Waals surface area contributed by atoms with Gasteiger partial charge in [-0.2, -0.15) is 0 Å². The van der Waals surface area contributed by atoms with Crippen LogP contribution in [-0.2, 0) is 14.6 Å². The summed E-state index contributed by atoms with van der Waals surface area (Å²) in [5.74, 6) is -1.67. The molecule has 0 fully saturated rings. The lowest BCUT2D eigenvalue weighted by Crippen LogP contribution is -2.37. The molecule has 1 rings (SSSR count). The lowest BCUT2D eigenvalue weighted by Gasteiger charge is -2.22. The summed E-state index contributed by atoms with van der Waals surface area (Å²) in [5, 5.41) is 0. The lowest BCUT2D eigenvalue weighted by molar-refractivity contribution is -0.116. The summed E-state index contributed by atoms with van der Waals surface area (Å²) >= 11 is 0. The number of amides is 1. The van der Waals surface area contributed by atoms with Crippen LogP contribution >= 0.6 is 0 Å². The van der Waals surface area contributed by atoms with Crippen molar-refractivity contribution in [3.05, 3.63) is 30.1 Å². The number of carbonyl (C=O) groups excluding carboxylic acids is 1. The molecule has 0 aromatic heterocycles. The summed E-state index contributed by atoms with van der Waals surface area (Å²) in [4.78, 5) is 13.2. The zero-order valence-corrected chi connectivity index (χ0v) is 11.5. The average molecular weight is 288 g/mol. The van der Waals surface area contributed by atoms with E-state index in [0.29, 0.717) is 18.7 Å². The molecule has 0 spiro atoms. The molecule has 0 saturated carbocycles. The Balaban J connectivity index is 2.97. The Hall–Kier alpha value is -1.47. The van der Waals surface area contributed by atoms with Crippen LogP contribution in [0.5, 0.6) is 0 Å². The van der Waals surface area contributed by atoms with Crippen LogP contribution in [0.25, 0.3) is 0 Å². The maximum absolute atomic E-state index is 13.2. The molecule has 0 bridgehead atoms. The van der Waals surface area contributed by atoms with Gasteiger partial charge in [0, 0.05) is 18.5 Å². The first-order chi connectivity index (χ1) is 8.83. The highest BCUT2D eigenvalue weighted by Crippen LogP contribution is 2.16. The number of sulfone groups is 1. The van der Waals surface area contributed by atoms with Gasteiger partial charge >= 0.3 is 0 Å². The zero-order valence-electron chi connectivity index (χ0n) is 10.7. The van der Waals surface area contributed by atoms with E-state index in [4.69, 9.17) is 5.73 Å². The molecule has 0 unspecified atom stereocenters. The first kappa shape index (κ1) is 15.6. The number of halogens is 1. The van der Waals surface area contributed by atoms with E-state index in [9.17, 15) is 17.6 Å². The molecule has 0 radical (unpaired) electrons. The number of benzene rings is 1. The van der Waals surface area contributed by atoms with Gasteiger partial charge < -0.3 is 10.6 Å². The monoisotopic (exact) mass is 288 g/mol. The van der Waals surface area contributed by atoms with Gasteiger partial charge in [0.2, 0.25) is 5.91 Å². The molecule has 0 saturated heterocycles. The van der Waals surface area contributed by atoms with Gasteiger partial charge in [0.25, 0.3) is 0 Å². The second-order valence-electron chi connectivity index (χ2n) is 4.24. The third-order valence-corrected chi connectivity index (χ3v) is 3.16. The first-order valence-corrected chi connectivity index (χ1v) is 7.83. The van der Waals surface area contributed by atoms with Gasteiger partial charge in [-0.3, -0.25) is 4.79 Å². The summed E-state index contributed by atoms with van der Waals surface area (Å²) in [7, 11) is -3.43. The maximum Gasteiger partial charge on any atom is 0.242 e. The van der Waals surface area contributed by atoms with E-state index in [-0.39, 0.29) is 6.54 Å². The van der Waals surface area contributed by atoms with Gasteiger partial charge in [-0.15, -0.1) is 0 Å². The normalized spacial score (nSPS) is 11.3. The highest BCUT2D eigenvalue weighted by atomic mass is 32.2. The van der Waals surface area contributed by atoms with Crippen LogP contribution in [0.2, 0.25) is 0 Å². The maximum atomic E-state index is 13.2. The quantitative estimate of drug-likeness (QED) is 0.829. The third-order valence-electron chi connectivity index (χ3n) is 2.39. The van der Waals surface area contributed by atoms with Crippen molar-refractivity contribution in [3.8, 4) is 0 Å². The Morgan fingerprint density at radius 1 is 1.42 bits per heavy atom. The molecule has 106 valence electrons. The Morgan fingerprint density at radius 3 is 2.63 bits per heavy atom. The number of hydrogen-bond acceptors (Lipinski definition) is 4. The number of anilines is 1. The second-order valence-corrected chi connectivity index (χ2v) is 6.38. The minimum atomic E-state index is -3.43. The molecular weight excluding hydrogens is 271 g/mol. The zero-order chi connectivity index (χ0) is 14.5. The van der Waals surface area contributed by atoms with E-state index in [1.54, 1.807) is 6.07 Å². The molecule has 0 aliphatic rings. The van der Waals surface area contributed by atoms with Gasteiger partial charge in [-0.05, 0) is 31.2 Å². The molecule has 0 atom stereocenters. The van der Waals surface area contributed by atoms with Crippen LogP contribution in [0.1, 0.15) is 6.42 Å². The van der Waals surface area contributed by atoms with E-state index in [1.165, 1.54) is 23.1 Å². The average Bonchev–Trinajstić information content (AvgIpc) is 2.27. The number of nitrogens with two attached hydrogens (primary N) is 1. The van der Waals surface area contributed by atoms with Crippen LogP contribution in [0.3, 0.4) is 0 Å². The highest BCUT2D eigenvalue weighted by Gasteiger charge is 2.20. The molecule has 1 aromatic carbocycles. The van der Waals surface area contributed by atoms with E-state index < -0.39 is 27.3 Å². The SMILES string of the molecule is CS(=O)(=O)CC(=O)N(CCCN)c1cccc(F)c1. The number of hydrogen-bond donors (Lipinski definition) is 1. The topological polar surface area (TPSA) is 80.5 Å². The van der Waals surface area contributed by atoms with Gasteiger partial charge in [0.1, 0.15) is 11.6 Å². The fourth-order valence-corrected chi connectivity index (χ4v) is 2.20. The summed E-state index contributed by atoms with van der Waals surface area (Å²) in [6, 6.07) is 5.47. The van der Waals surface area contributed by atoms with Gasteiger partial charge in [0.05, 0.1) is 0 Å². The number of rotatable bonds is 6. The molecule has 0 aliphatic heterocycles. The molecule has 0 aliphatic carbocycles. The Morgan fingerprint density at radius 2 is 2.11 bits per heavy atom. The van der Waals surface area contributed by atoms with Crippen molar-refractivity contribution >= 4 is 21.4 Å². The van der Waals surface area contributed by atoms with Crippen molar-refractivity contribution in [2.24, 2.45) is 5.73 Å². The predicted molar refractivity (Wildman–Crippen MR) is 72.1 cm³/mol. The molecule has 5 nitrogen and oxygen atoms in total. The largest absolute Gasteiger partial charge is 0.330 e. The summed E-state index contributed by atoms with van der Waals surface area (Å²) < 4.78 is 35.5. The summed E-state index contributed by atoms with van der Waals surface area (Å²) in [5.41, 5.74) is 5.72. The van der Waals surface area contributed by atoms with Crippen LogP contribution in [0.15, 0.2) is 24.3 Å². The fraction of sp³-hybridized carbons (Fsp3) is 0.417. The first-order valence-electron chi connectivity index (χ1n) is 5.77. The lowest BCUT2D eigenvalue weighted by atomic mass is 10.2. The van der Waals surface area contributed by atoms with Gasteiger partial charge in [0.15, 0.2) is 9.84 Å². The minimum Gasteiger partial charge on any atom is -0.330 e. The smallest absolute Gasteiger partial charge is 0.242 e. The summed E-state index contributed by atoms with van der Waals surface area (Å²) in [6.45, 7) is 0.617. The third kappa shape index (κ3) is 5.35. The van der Waals surface area contributed by atoms with Gasteiger partial charge in [-0.25, -0.2) is 12.8 Å². The van der Waals surface area contributed by atoms with Crippen molar-refractivity contribution in [2.75, 3.05) is 30.0 Å². The number of carbonyl (C=O) groups is 1. The van der Waals surface area contributed by atoms with Crippen molar-refractivity contribution in [3.63, 3.8) is 0 Å². The molecule has 2 N–H and O–H groups in total. The van der Waals surface area contributed by atoms with Gasteiger partial charge in [-0.1, -0.05) is 6.07 Å². The highest BCUT2D eigenvalue weighted by molar-refractivity contribution is 7.91. The molecule has 7 heteroatoms. The van der Waals surface area contributed by atoms with E-state index in [2.05, 4.69) is 0 Å². The van der Waals surface area contributed by atoms with Crippen molar-refractivity contribution < 1.29 is 17.6 Å².